The van der Waals surface area contributed by atoms with Gasteiger partial charge in [-0.3, -0.25) is 4.79 Å². The molecule has 34 heavy (non-hydrogen) atoms. The molecular formula is C26H24N2O4S2. The maximum atomic E-state index is 13.5. The van der Waals surface area contributed by atoms with Crippen LogP contribution in [-0.2, 0) is 34.3 Å². The summed E-state index contributed by atoms with van der Waals surface area (Å²) < 4.78 is 28.5. The van der Waals surface area contributed by atoms with Crippen molar-refractivity contribution in [2.24, 2.45) is 0 Å². The fourth-order valence-electron chi connectivity index (χ4n) is 3.63. The Labute approximate surface area is 203 Å². The Bertz CT molecular complexity index is 1340. The van der Waals surface area contributed by atoms with E-state index >= 15 is 0 Å². The summed E-state index contributed by atoms with van der Waals surface area (Å²) in [7, 11) is -3.76. The van der Waals surface area contributed by atoms with E-state index in [2.05, 4.69) is 4.98 Å². The minimum Gasteiger partial charge on any atom is -0.481 e. The molecule has 0 saturated carbocycles. The van der Waals surface area contributed by atoms with E-state index in [1.165, 1.54) is 4.31 Å². The van der Waals surface area contributed by atoms with Gasteiger partial charge in [0.15, 0.2) is 0 Å². The lowest BCUT2D eigenvalue weighted by Gasteiger charge is -2.23. The summed E-state index contributed by atoms with van der Waals surface area (Å²) in [5.74, 6) is -0.861. The molecule has 0 radical (unpaired) electrons. The fraction of sp³-hybridized carbons (Fsp3) is 0.154. The van der Waals surface area contributed by atoms with E-state index in [4.69, 9.17) is 5.11 Å². The number of sulfonamides is 1. The number of carboxylic acid groups (broad SMARTS) is 1. The second kappa shape index (κ2) is 10.7. The molecule has 0 saturated heterocycles. The van der Waals surface area contributed by atoms with Gasteiger partial charge in [-0.15, -0.1) is 11.3 Å². The number of thiazole rings is 1. The lowest BCUT2D eigenvalue weighted by molar-refractivity contribution is -0.136. The van der Waals surface area contributed by atoms with E-state index in [0.29, 0.717) is 6.42 Å². The van der Waals surface area contributed by atoms with Crippen LogP contribution in [0.15, 0.2) is 95.3 Å². The van der Waals surface area contributed by atoms with Crippen LogP contribution in [0.3, 0.4) is 0 Å². The molecule has 0 unspecified atom stereocenters. The maximum Gasteiger partial charge on any atom is 0.303 e. The second-order valence-electron chi connectivity index (χ2n) is 7.83. The van der Waals surface area contributed by atoms with E-state index in [0.717, 1.165) is 27.3 Å². The van der Waals surface area contributed by atoms with E-state index in [1.54, 1.807) is 47.9 Å². The largest absolute Gasteiger partial charge is 0.481 e. The number of benzene rings is 3. The maximum absolute atomic E-state index is 13.5. The van der Waals surface area contributed by atoms with E-state index in [-0.39, 0.29) is 24.4 Å². The topological polar surface area (TPSA) is 87.6 Å². The van der Waals surface area contributed by atoms with Gasteiger partial charge in [-0.2, -0.15) is 4.31 Å². The number of carboxylic acids is 1. The van der Waals surface area contributed by atoms with Crippen molar-refractivity contribution in [1.29, 1.82) is 0 Å². The first-order chi connectivity index (χ1) is 16.4. The molecule has 174 valence electrons. The Kier molecular flexibility index (Phi) is 7.52. The molecule has 8 heteroatoms. The Morgan fingerprint density at radius 2 is 1.59 bits per heavy atom. The fourth-order valence-corrected chi connectivity index (χ4v) is 5.71. The lowest BCUT2D eigenvalue weighted by atomic mass is 10.1. The Morgan fingerprint density at radius 1 is 0.882 bits per heavy atom. The highest BCUT2D eigenvalue weighted by atomic mass is 32.2. The van der Waals surface area contributed by atoms with Gasteiger partial charge in [0.2, 0.25) is 10.0 Å². The van der Waals surface area contributed by atoms with Crippen LogP contribution in [0.1, 0.15) is 23.1 Å². The van der Waals surface area contributed by atoms with Gasteiger partial charge in [-0.05, 0) is 35.2 Å². The number of hydrogen-bond donors (Lipinski definition) is 1. The summed E-state index contributed by atoms with van der Waals surface area (Å²) in [6.45, 7) is 0.376. The number of aliphatic carboxylic acids is 1. The molecular weight excluding hydrogens is 468 g/mol. The minimum atomic E-state index is -3.76. The van der Waals surface area contributed by atoms with Crippen molar-refractivity contribution in [3.63, 3.8) is 0 Å². The summed E-state index contributed by atoms with van der Waals surface area (Å²) in [5, 5.41) is 11.8. The number of aryl methyl sites for hydroxylation is 1. The Hall–Kier alpha value is -3.33. The van der Waals surface area contributed by atoms with Crippen LogP contribution in [0.5, 0.6) is 0 Å². The van der Waals surface area contributed by atoms with Gasteiger partial charge in [0, 0.05) is 36.7 Å². The number of carbonyl (C=O) groups is 1. The second-order valence-corrected chi connectivity index (χ2v) is 10.7. The average molecular weight is 493 g/mol. The third-order valence-corrected chi connectivity index (χ3v) is 7.98. The SMILES string of the molecule is O=C(O)CCc1cccc(CN(Cc2ccc(-c3nccs3)cc2)S(=O)(=O)c2ccccc2)c1. The standard InChI is InChI=1S/C26H24N2O4S2/c29-25(30)14-11-20-5-4-6-22(17-20)19-28(34(31,32)24-7-2-1-3-8-24)18-21-9-12-23(13-10-21)26-27-15-16-33-26/h1-10,12-13,15-17H,11,14,18-19H2,(H,29,30). The van der Waals surface area contributed by atoms with Gasteiger partial charge >= 0.3 is 5.97 Å². The van der Waals surface area contributed by atoms with Gasteiger partial charge in [0.05, 0.1) is 4.90 Å². The molecule has 0 spiro atoms. The number of aromatic nitrogens is 1. The molecule has 0 atom stereocenters. The van der Waals surface area contributed by atoms with Crippen LogP contribution in [-0.4, -0.2) is 28.8 Å². The number of rotatable bonds is 10. The summed E-state index contributed by atoms with van der Waals surface area (Å²) in [4.78, 5) is 15.5. The monoisotopic (exact) mass is 492 g/mol. The molecule has 4 aromatic rings. The predicted molar refractivity (Wildman–Crippen MR) is 133 cm³/mol. The normalized spacial score (nSPS) is 11.6. The van der Waals surface area contributed by atoms with Crippen molar-refractivity contribution >= 4 is 27.3 Å². The third-order valence-electron chi connectivity index (χ3n) is 5.35. The van der Waals surface area contributed by atoms with Gasteiger partial charge in [-0.25, -0.2) is 13.4 Å². The number of nitrogens with zero attached hydrogens (tertiary/aromatic N) is 2. The molecule has 6 nitrogen and oxygen atoms in total. The highest BCUT2D eigenvalue weighted by Gasteiger charge is 2.25. The average Bonchev–Trinajstić information content (AvgIpc) is 3.39. The molecule has 0 fully saturated rings. The predicted octanol–water partition coefficient (Wildman–Crippen LogP) is 5.22. The first kappa shape index (κ1) is 23.8. The Morgan fingerprint density at radius 3 is 2.26 bits per heavy atom. The van der Waals surface area contributed by atoms with Crippen molar-refractivity contribution in [1.82, 2.24) is 9.29 Å². The van der Waals surface area contributed by atoms with Crippen LogP contribution in [0.25, 0.3) is 10.6 Å². The zero-order valence-electron chi connectivity index (χ0n) is 18.4. The first-order valence-electron chi connectivity index (χ1n) is 10.8. The molecule has 0 aliphatic carbocycles. The van der Waals surface area contributed by atoms with Crippen molar-refractivity contribution < 1.29 is 18.3 Å². The van der Waals surface area contributed by atoms with Crippen LogP contribution in [0.2, 0.25) is 0 Å². The van der Waals surface area contributed by atoms with Gasteiger partial charge in [0.25, 0.3) is 0 Å². The van der Waals surface area contributed by atoms with Crippen LogP contribution < -0.4 is 0 Å². The number of hydrogen-bond acceptors (Lipinski definition) is 5. The summed E-state index contributed by atoms with van der Waals surface area (Å²) in [6, 6.07) is 23.6. The van der Waals surface area contributed by atoms with E-state index in [9.17, 15) is 13.2 Å². The molecule has 4 rings (SSSR count). The minimum absolute atomic E-state index is 0.0287. The quantitative estimate of drug-likeness (QED) is 0.328. The van der Waals surface area contributed by atoms with Crippen LogP contribution in [0.4, 0.5) is 0 Å². The van der Waals surface area contributed by atoms with Gasteiger partial charge < -0.3 is 5.11 Å². The zero-order valence-corrected chi connectivity index (χ0v) is 20.0. The molecule has 3 aromatic carbocycles. The highest BCUT2D eigenvalue weighted by molar-refractivity contribution is 7.89. The van der Waals surface area contributed by atoms with E-state index in [1.807, 2.05) is 53.9 Å². The molecule has 0 amide bonds. The molecule has 0 aliphatic rings. The van der Waals surface area contributed by atoms with Gasteiger partial charge in [0.1, 0.15) is 5.01 Å². The molecule has 1 aromatic heterocycles. The van der Waals surface area contributed by atoms with Crippen molar-refractivity contribution in [2.75, 3.05) is 0 Å². The highest BCUT2D eigenvalue weighted by Crippen LogP contribution is 2.25. The lowest BCUT2D eigenvalue weighted by Crippen LogP contribution is -2.30. The summed E-state index contributed by atoms with van der Waals surface area (Å²) >= 11 is 1.55. The van der Waals surface area contributed by atoms with Crippen LogP contribution in [0, 0.1) is 0 Å². The molecule has 0 aliphatic heterocycles. The van der Waals surface area contributed by atoms with Crippen molar-refractivity contribution in [2.45, 2.75) is 30.8 Å². The van der Waals surface area contributed by atoms with Crippen molar-refractivity contribution in [3.8, 4) is 10.6 Å². The molecule has 1 N–H and O–H groups in total. The zero-order chi connectivity index (χ0) is 24.0. The smallest absolute Gasteiger partial charge is 0.303 e. The summed E-state index contributed by atoms with van der Waals surface area (Å²) in [5.41, 5.74) is 3.52. The third kappa shape index (κ3) is 5.96. The Balaban J connectivity index is 1.61. The molecule has 0 bridgehead atoms. The van der Waals surface area contributed by atoms with Crippen molar-refractivity contribution in [3.05, 3.63) is 107 Å². The van der Waals surface area contributed by atoms with E-state index < -0.39 is 16.0 Å². The van der Waals surface area contributed by atoms with Crippen LogP contribution >= 0.6 is 11.3 Å². The van der Waals surface area contributed by atoms with Gasteiger partial charge in [-0.1, -0.05) is 66.7 Å². The summed E-state index contributed by atoms with van der Waals surface area (Å²) in [6.07, 6.45) is 2.18. The molecule has 1 heterocycles. The first-order valence-corrected chi connectivity index (χ1v) is 13.1.